The maximum atomic E-state index is 13.8. The van der Waals surface area contributed by atoms with Gasteiger partial charge in [0.05, 0.1) is 18.2 Å². The second-order valence-electron chi connectivity index (χ2n) is 12.7. The lowest BCUT2D eigenvalue weighted by atomic mass is 9.98. The molecule has 2 aliphatic heterocycles. The highest BCUT2D eigenvalue weighted by Gasteiger charge is 2.44. The molecule has 5 heterocycles. The Labute approximate surface area is 288 Å². The molecular weight excluding hydrogens is 639 g/mol. The lowest BCUT2D eigenvalue weighted by Gasteiger charge is -2.29. The molecule has 3 aromatic heterocycles. The first-order valence-corrected chi connectivity index (χ1v) is 17.7. The van der Waals surface area contributed by atoms with E-state index in [1.54, 1.807) is 18.0 Å². The fourth-order valence-corrected chi connectivity index (χ4v) is 7.31. The molecule has 2 aromatic carbocycles. The molecular formula is C36H39N9O3S. The van der Waals surface area contributed by atoms with E-state index in [9.17, 15) is 9.59 Å². The van der Waals surface area contributed by atoms with Gasteiger partial charge in [-0.25, -0.2) is 9.97 Å². The number of anilines is 1. The summed E-state index contributed by atoms with van der Waals surface area (Å²) in [6.07, 6.45) is 8.85. The van der Waals surface area contributed by atoms with Crippen molar-refractivity contribution < 1.29 is 14.3 Å². The largest absolute Gasteiger partial charge is 0.475 e. The first-order chi connectivity index (χ1) is 23.8. The highest BCUT2D eigenvalue weighted by molar-refractivity contribution is 8.00. The Hall–Kier alpha value is -5.01. The first-order valence-electron chi connectivity index (χ1n) is 16.4. The number of amides is 2. The van der Waals surface area contributed by atoms with E-state index in [2.05, 4.69) is 58.8 Å². The van der Waals surface area contributed by atoms with Crippen molar-refractivity contribution in [1.82, 2.24) is 40.2 Å². The van der Waals surface area contributed by atoms with Crippen LogP contribution in [0.2, 0.25) is 0 Å². The van der Waals surface area contributed by atoms with Crippen molar-refractivity contribution in [3.63, 3.8) is 0 Å². The van der Waals surface area contributed by atoms with Crippen LogP contribution in [0.15, 0.2) is 73.2 Å². The van der Waals surface area contributed by atoms with Gasteiger partial charge in [-0.2, -0.15) is 10.2 Å². The van der Waals surface area contributed by atoms with Gasteiger partial charge in [0, 0.05) is 60.6 Å². The lowest BCUT2D eigenvalue weighted by Crippen LogP contribution is -2.45. The number of fused-ring (bicyclic) bond motifs is 1. The van der Waals surface area contributed by atoms with Crippen molar-refractivity contribution in [1.29, 1.82) is 0 Å². The molecule has 0 bridgehead atoms. The van der Waals surface area contributed by atoms with Crippen LogP contribution < -0.4 is 10.1 Å². The molecule has 1 atom stereocenters. The van der Waals surface area contributed by atoms with E-state index in [1.807, 2.05) is 67.5 Å². The number of ether oxygens (including phenoxy) is 1. The summed E-state index contributed by atoms with van der Waals surface area (Å²) >= 11 is 1.55. The van der Waals surface area contributed by atoms with Gasteiger partial charge >= 0.3 is 0 Å². The molecule has 7 rings (SSSR count). The molecule has 13 heteroatoms. The normalized spacial score (nSPS) is 18.2. The summed E-state index contributed by atoms with van der Waals surface area (Å²) in [5, 5.41) is 18.4. The molecule has 2 amide bonds. The fourth-order valence-electron chi connectivity index (χ4n) is 6.46. The minimum absolute atomic E-state index is 0.0381. The summed E-state index contributed by atoms with van der Waals surface area (Å²) in [7, 11) is 0. The van der Waals surface area contributed by atoms with E-state index in [4.69, 9.17) is 4.74 Å². The van der Waals surface area contributed by atoms with Gasteiger partial charge in [-0.05, 0) is 68.3 Å². The number of carbonyl (C=O) groups is 2. The number of hydrogen-bond acceptors (Lipinski definition) is 9. The second-order valence-corrected chi connectivity index (χ2v) is 13.9. The molecule has 0 spiro atoms. The molecule has 49 heavy (non-hydrogen) atoms. The van der Waals surface area contributed by atoms with E-state index in [0.29, 0.717) is 50.7 Å². The number of benzene rings is 2. The smallest absolute Gasteiger partial charge is 0.241 e. The summed E-state index contributed by atoms with van der Waals surface area (Å²) in [6, 6.07) is 17.8. The van der Waals surface area contributed by atoms with Crippen LogP contribution in [-0.2, 0) is 9.59 Å². The predicted octanol–water partition coefficient (Wildman–Crippen LogP) is 5.26. The van der Waals surface area contributed by atoms with Gasteiger partial charge in [0.2, 0.25) is 17.7 Å². The fraction of sp³-hybridized carbons (Fsp3) is 0.333. The maximum Gasteiger partial charge on any atom is 0.241 e. The topological polar surface area (TPSA) is 145 Å². The van der Waals surface area contributed by atoms with Crippen molar-refractivity contribution in [3.8, 4) is 28.5 Å². The minimum Gasteiger partial charge on any atom is -0.475 e. The van der Waals surface area contributed by atoms with Crippen molar-refractivity contribution >= 4 is 45.7 Å². The van der Waals surface area contributed by atoms with E-state index < -0.39 is 4.75 Å². The third-order valence-electron chi connectivity index (χ3n) is 9.17. The van der Waals surface area contributed by atoms with Crippen molar-refractivity contribution in [2.75, 3.05) is 44.3 Å². The van der Waals surface area contributed by atoms with Crippen LogP contribution in [0.1, 0.15) is 32.3 Å². The average Bonchev–Trinajstić information content (AvgIpc) is 3.90. The summed E-state index contributed by atoms with van der Waals surface area (Å²) < 4.78 is 5.02. The molecule has 1 saturated heterocycles. The highest BCUT2D eigenvalue weighted by Crippen LogP contribution is 2.36. The van der Waals surface area contributed by atoms with E-state index in [0.717, 1.165) is 45.5 Å². The number of aromatic nitrogens is 6. The van der Waals surface area contributed by atoms with Crippen LogP contribution in [0.4, 0.5) is 5.69 Å². The van der Waals surface area contributed by atoms with Crippen LogP contribution in [0, 0.1) is 0 Å². The van der Waals surface area contributed by atoms with Crippen molar-refractivity contribution in [3.05, 3.63) is 78.8 Å². The average molecular weight is 678 g/mol. The monoisotopic (exact) mass is 677 g/mol. The van der Waals surface area contributed by atoms with Crippen molar-refractivity contribution in [2.45, 2.75) is 37.5 Å². The Morgan fingerprint density at radius 3 is 2.53 bits per heavy atom. The van der Waals surface area contributed by atoms with Crippen LogP contribution in [0.3, 0.4) is 0 Å². The van der Waals surface area contributed by atoms with Gasteiger partial charge in [-0.15, -0.1) is 11.8 Å². The number of likely N-dealkylation sites (tertiary alicyclic amines) is 1. The Balaban J connectivity index is 0.959. The molecule has 0 radical (unpaired) electrons. The molecule has 1 fully saturated rings. The molecule has 5 aromatic rings. The van der Waals surface area contributed by atoms with Gasteiger partial charge < -0.3 is 15.0 Å². The van der Waals surface area contributed by atoms with Crippen LogP contribution in [0.5, 0.6) is 5.88 Å². The molecule has 252 valence electrons. The zero-order chi connectivity index (χ0) is 34.0. The Kier molecular flexibility index (Phi) is 9.19. The number of rotatable bonds is 10. The van der Waals surface area contributed by atoms with Crippen LogP contribution in [-0.4, -0.2) is 102 Å². The van der Waals surface area contributed by atoms with Gasteiger partial charge in [0.1, 0.15) is 16.8 Å². The number of aromatic amines is 2. The molecule has 0 aliphatic carbocycles. The number of carbonyl (C=O) groups excluding carboxylic acids is 2. The third-order valence-corrected chi connectivity index (χ3v) is 10.5. The lowest BCUT2D eigenvalue weighted by molar-refractivity contribution is -0.132. The van der Waals surface area contributed by atoms with E-state index in [1.165, 1.54) is 11.9 Å². The zero-order valence-electron chi connectivity index (χ0n) is 27.8. The summed E-state index contributed by atoms with van der Waals surface area (Å²) in [4.78, 5) is 39.8. The second kappa shape index (κ2) is 13.8. The quantitative estimate of drug-likeness (QED) is 0.180. The highest BCUT2D eigenvalue weighted by atomic mass is 32.2. The van der Waals surface area contributed by atoms with Crippen molar-refractivity contribution in [2.24, 2.45) is 0 Å². The number of nitrogens with zero attached hydrogens (tertiary/aromatic N) is 6. The summed E-state index contributed by atoms with van der Waals surface area (Å²) in [5.41, 5.74) is 6.52. The Morgan fingerprint density at radius 1 is 1.02 bits per heavy atom. The number of H-pyrrole nitrogens is 2. The molecule has 12 nitrogen and oxygen atoms in total. The standard InChI is InChI=1S/C36H39N9O3S/c1-23(2)48-31-11-8-27(19-37-31)33-29-18-28(9-10-30(29)41-42-33)40-35(47)36(49-3)14-17-44(21-36)20-32(46)45-15-12-25(13-16-45)24-4-6-26(7-5-24)34-38-22-39-43-34/h4-12,18-19,22-23H,13-17,20-21H2,1-3H3,(H,40,47)(H,41,42)(H,38,39,43)/t36-/m0/s1. The summed E-state index contributed by atoms with van der Waals surface area (Å²) in [6.45, 7) is 6.65. The Morgan fingerprint density at radius 2 is 1.84 bits per heavy atom. The molecule has 3 N–H and O–H groups in total. The summed E-state index contributed by atoms with van der Waals surface area (Å²) in [5.74, 6) is 1.33. The third kappa shape index (κ3) is 6.94. The predicted molar refractivity (Wildman–Crippen MR) is 192 cm³/mol. The molecule has 0 unspecified atom stereocenters. The Bertz CT molecular complexity index is 1970. The van der Waals surface area contributed by atoms with Crippen LogP contribution >= 0.6 is 11.8 Å². The van der Waals surface area contributed by atoms with Gasteiger partial charge in [0.25, 0.3) is 0 Å². The maximum absolute atomic E-state index is 13.8. The number of hydrogen-bond donors (Lipinski definition) is 3. The van der Waals surface area contributed by atoms with E-state index >= 15 is 0 Å². The van der Waals surface area contributed by atoms with Gasteiger partial charge in [-0.1, -0.05) is 30.3 Å². The van der Waals surface area contributed by atoms with Crippen LogP contribution in [0.25, 0.3) is 39.1 Å². The van der Waals surface area contributed by atoms with Gasteiger partial charge in [-0.3, -0.25) is 24.7 Å². The molecule has 0 saturated carbocycles. The number of thioether (sulfide) groups is 1. The zero-order valence-corrected chi connectivity index (χ0v) is 28.6. The number of nitrogens with one attached hydrogen (secondary N) is 3. The van der Waals surface area contributed by atoms with Gasteiger partial charge in [0.15, 0.2) is 5.82 Å². The number of pyridine rings is 1. The molecule has 2 aliphatic rings. The SMILES string of the molecule is CS[C@@]1(C(=O)Nc2ccc3[nH]nc(-c4ccc(OC(C)C)nc4)c3c2)CCN(CC(=O)N2CC=C(c3ccc(-c4ncn[nH]4)cc3)CC2)C1. The first kappa shape index (κ1) is 32.5. The van der Waals surface area contributed by atoms with E-state index in [-0.39, 0.29) is 17.9 Å². The minimum atomic E-state index is -0.655.